The van der Waals surface area contributed by atoms with E-state index >= 15 is 0 Å². The standard InChI is InChI=1S/C15H17BrN2OS/c1-3-5-12-13(16)15(19)18-14(17-12)10-6-8-11(9-7-10)20-4-2/h6-9H,3-5H2,1-2H3,(H,17,18,19). The SMILES string of the molecule is CCCc1nc(-c2ccc(SCC)cc2)[nH]c(=O)c1Br. The summed E-state index contributed by atoms with van der Waals surface area (Å²) in [5.74, 6) is 1.68. The van der Waals surface area contributed by atoms with Gasteiger partial charge in [-0.2, -0.15) is 0 Å². The van der Waals surface area contributed by atoms with Crippen LogP contribution in [0.1, 0.15) is 26.0 Å². The van der Waals surface area contributed by atoms with Crippen molar-refractivity contribution in [1.82, 2.24) is 9.97 Å². The Morgan fingerprint density at radius 3 is 2.55 bits per heavy atom. The predicted molar refractivity (Wildman–Crippen MR) is 88.4 cm³/mol. The lowest BCUT2D eigenvalue weighted by molar-refractivity contribution is 0.861. The third-order valence-corrected chi connectivity index (χ3v) is 4.57. The maximum atomic E-state index is 11.9. The second kappa shape index (κ2) is 7.09. The molecule has 0 spiro atoms. The normalized spacial score (nSPS) is 10.8. The minimum atomic E-state index is -0.120. The Bertz CT molecular complexity index is 637. The first kappa shape index (κ1) is 15.3. The number of benzene rings is 1. The molecule has 0 bridgehead atoms. The van der Waals surface area contributed by atoms with Gasteiger partial charge in [-0.25, -0.2) is 4.98 Å². The molecule has 0 aliphatic carbocycles. The van der Waals surface area contributed by atoms with Crippen LogP contribution in [0.15, 0.2) is 38.4 Å². The topological polar surface area (TPSA) is 45.8 Å². The lowest BCUT2D eigenvalue weighted by Crippen LogP contribution is -2.13. The van der Waals surface area contributed by atoms with E-state index in [-0.39, 0.29) is 5.56 Å². The second-order valence-electron chi connectivity index (χ2n) is 4.38. The Morgan fingerprint density at radius 1 is 1.25 bits per heavy atom. The van der Waals surface area contributed by atoms with E-state index in [0.29, 0.717) is 10.3 Å². The minimum absolute atomic E-state index is 0.120. The number of aromatic nitrogens is 2. The molecule has 106 valence electrons. The number of hydrogen-bond donors (Lipinski definition) is 1. The van der Waals surface area contributed by atoms with Crippen molar-refractivity contribution in [3.8, 4) is 11.4 Å². The molecule has 1 aromatic carbocycles. The summed E-state index contributed by atoms with van der Waals surface area (Å²) in [5, 5.41) is 0. The Balaban J connectivity index is 2.39. The Labute approximate surface area is 131 Å². The summed E-state index contributed by atoms with van der Waals surface area (Å²) in [7, 11) is 0. The van der Waals surface area contributed by atoms with Crippen molar-refractivity contribution < 1.29 is 0 Å². The molecule has 0 aliphatic heterocycles. The van der Waals surface area contributed by atoms with E-state index in [1.54, 1.807) is 11.8 Å². The smallest absolute Gasteiger partial charge is 0.265 e. The fourth-order valence-electron chi connectivity index (χ4n) is 1.92. The predicted octanol–water partition coefficient (Wildman–Crippen LogP) is 4.26. The third kappa shape index (κ3) is 3.52. The highest BCUT2D eigenvalue weighted by Crippen LogP contribution is 2.22. The van der Waals surface area contributed by atoms with E-state index in [9.17, 15) is 4.79 Å². The Hall–Kier alpha value is -1.07. The van der Waals surface area contributed by atoms with Crippen molar-refractivity contribution in [3.05, 3.63) is 44.8 Å². The van der Waals surface area contributed by atoms with Gasteiger partial charge in [0.15, 0.2) is 0 Å². The monoisotopic (exact) mass is 352 g/mol. The summed E-state index contributed by atoms with van der Waals surface area (Å²) in [6.07, 6.45) is 1.75. The average Bonchev–Trinajstić information content (AvgIpc) is 2.45. The molecule has 0 radical (unpaired) electrons. The van der Waals surface area contributed by atoms with Gasteiger partial charge in [-0.15, -0.1) is 11.8 Å². The lowest BCUT2D eigenvalue weighted by Gasteiger charge is -2.07. The molecule has 0 aliphatic rings. The fraction of sp³-hybridized carbons (Fsp3) is 0.333. The quantitative estimate of drug-likeness (QED) is 0.817. The summed E-state index contributed by atoms with van der Waals surface area (Å²) in [6.45, 7) is 4.20. The number of H-pyrrole nitrogens is 1. The highest BCUT2D eigenvalue weighted by molar-refractivity contribution is 9.10. The van der Waals surface area contributed by atoms with Gasteiger partial charge in [0.2, 0.25) is 0 Å². The fourth-order valence-corrected chi connectivity index (χ4v) is 2.97. The number of thioether (sulfide) groups is 1. The van der Waals surface area contributed by atoms with Gasteiger partial charge < -0.3 is 4.98 Å². The van der Waals surface area contributed by atoms with Crippen molar-refractivity contribution >= 4 is 27.7 Å². The van der Waals surface area contributed by atoms with Crippen molar-refractivity contribution in [1.29, 1.82) is 0 Å². The maximum Gasteiger partial charge on any atom is 0.265 e. The zero-order chi connectivity index (χ0) is 14.5. The summed E-state index contributed by atoms with van der Waals surface area (Å²) in [4.78, 5) is 20.5. The van der Waals surface area contributed by atoms with Gasteiger partial charge in [-0.3, -0.25) is 4.79 Å². The van der Waals surface area contributed by atoms with Gasteiger partial charge in [0, 0.05) is 10.5 Å². The summed E-state index contributed by atoms with van der Waals surface area (Å²) >= 11 is 5.11. The first-order valence-electron chi connectivity index (χ1n) is 6.67. The van der Waals surface area contributed by atoms with Gasteiger partial charge >= 0.3 is 0 Å². The molecule has 0 fully saturated rings. The molecule has 3 nitrogen and oxygen atoms in total. The van der Waals surface area contributed by atoms with Crippen LogP contribution >= 0.6 is 27.7 Å². The largest absolute Gasteiger partial charge is 0.306 e. The maximum absolute atomic E-state index is 11.9. The average molecular weight is 353 g/mol. The Morgan fingerprint density at radius 2 is 1.95 bits per heavy atom. The van der Waals surface area contributed by atoms with Crippen molar-refractivity contribution in [2.24, 2.45) is 0 Å². The van der Waals surface area contributed by atoms with E-state index in [1.807, 2.05) is 12.1 Å². The van der Waals surface area contributed by atoms with E-state index in [1.165, 1.54) is 4.90 Å². The number of nitrogens with zero attached hydrogens (tertiary/aromatic N) is 1. The van der Waals surface area contributed by atoms with E-state index in [2.05, 4.69) is 51.9 Å². The van der Waals surface area contributed by atoms with Gasteiger partial charge in [0.05, 0.1) is 5.69 Å². The van der Waals surface area contributed by atoms with E-state index in [0.717, 1.165) is 29.9 Å². The van der Waals surface area contributed by atoms with Crippen LogP contribution in [0.2, 0.25) is 0 Å². The molecule has 0 saturated heterocycles. The van der Waals surface area contributed by atoms with Crippen LogP contribution in [0.4, 0.5) is 0 Å². The van der Waals surface area contributed by atoms with E-state index in [4.69, 9.17) is 0 Å². The zero-order valence-corrected chi connectivity index (χ0v) is 14.0. The highest BCUT2D eigenvalue weighted by Gasteiger charge is 2.09. The molecule has 5 heteroatoms. The number of hydrogen-bond acceptors (Lipinski definition) is 3. The molecule has 0 saturated carbocycles. The summed E-state index contributed by atoms with van der Waals surface area (Å²) < 4.78 is 0.543. The van der Waals surface area contributed by atoms with Crippen molar-refractivity contribution in [2.45, 2.75) is 31.6 Å². The highest BCUT2D eigenvalue weighted by atomic mass is 79.9. The number of aryl methyl sites for hydroxylation is 1. The van der Waals surface area contributed by atoms with E-state index < -0.39 is 0 Å². The summed E-state index contributed by atoms with van der Waals surface area (Å²) in [6, 6.07) is 8.12. The molecule has 2 rings (SSSR count). The molecular formula is C15H17BrN2OS. The van der Waals surface area contributed by atoms with Crippen molar-refractivity contribution in [3.63, 3.8) is 0 Å². The number of rotatable bonds is 5. The molecule has 20 heavy (non-hydrogen) atoms. The third-order valence-electron chi connectivity index (χ3n) is 2.86. The van der Waals surface area contributed by atoms with Gasteiger partial charge in [0.25, 0.3) is 5.56 Å². The van der Waals surface area contributed by atoms with Crippen molar-refractivity contribution in [2.75, 3.05) is 5.75 Å². The van der Waals surface area contributed by atoms with Gasteiger partial charge in [-0.05, 0) is 40.2 Å². The number of aromatic amines is 1. The van der Waals surface area contributed by atoms with Crippen LogP contribution in [-0.2, 0) is 6.42 Å². The lowest BCUT2D eigenvalue weighted by atomic mass is 10.2. The molecule has 0 unspecified atom stereocenters. The van der Waals surface area contributed by atoms with Gasteiger partial charge in [-0.1, -0.05) is 32.4 Å². The van der Waals surface area contributed by atoms with Crippen LogP contribution in [-0.4, -0.2) is 15.7 Å². The van der Waals surface area contributed by atoms with Crippen LogP contribution in [0.5, 0.6) is 0 Å². The van der Waals surface area contributed by atoms with Crippen LogP contribution in [0.3, 0.4) is 0 Å². The molecule has 1 aromatic heterocycles. The molecule has 1 heterocycles. The van der Waals surface area contributed by atoms with Crippen LogP contribution < -0.4 is 5.56 Å². The first-order chi connectivity index (χ1) is 9.65. The number of halogens is 1. The zero-order valence-electron chi connectivity index (χ0n) is 11.6. The first-order valence-corrected chi connectivity index (χ1v) is 8.45. The Kier molecular flexibility index (Phi) is 5.43. The second-order valence-corrected chi connectivity index (χ2v) is 6.51. The molecule has 1 N–H and O–H groups in total. The molecular weight excluding hydrogens is 336 g/mol. The van der Waals surface area contributed by atoms with Crippen LogP contribution in [0.25, 0.3) is 11.4 Å². The minimum Gasteiger partial charge on any atom is -0.306 e. The molecule has 0 amide bonds. The molecule has 0 atom stereocenters. The number of nitrogens with one attached hydrogen (secondary N) is 1. The summed E-state index contributed by atoms with van der Waals surface area (Å²) in [5.41, 5.74) is 1.64. The molecule has 2 aromatic rings. The van der Waals surface area contributed by atoms with Gasteiger partial charge in [0.1, 0.15) is 10.3 Å². The van der Waals surface area contributed by atoms with Crippen LogP contribution in [0, 0.1) is 0 Å².